The topological polar surface area (TPSA) is 51.8 Å². The third-order valence-electron chi connectivity index (χ3n) is 1.37. The lowest BCUT2D eigenvalue weighted by atomic mass is 10.2. The monoisotopic (exact) mass is 166 g/mol. The van der Waals surface area contributed by atoms with Gasteiger partial charge in [0.1, 0.15) is 11.6 Å². The average molecular weight is 166 g/mol. The van der Waals surface area contributed by atoms with Crippen molar-refractivity contribution in [2.24, 2.45) is 0 Å². The van der Waals surface area contributed by atoms with Crippen LogP contribution in [0.4, 0.5) is 5.82 Å². The minimum atomic E-state index is -2.60. The summed E-state index contributed by atoms with van der Waals surface area (Å²) in [6.07, 6.45) is 0. The van der Waals surface area contributed by atoms with Crippen molar-refractivity contribution in [2.45, 2.75) is 6.85 Å². The predicted octanol–water partition coefficient (Wildman–Crippen LogP) is 1.52. The summed E-state index contributed by atoms with van der Waals surface area (Å²) in [6, 6.07) is -1.78. The molecule has 0 aliphatic heterocycles. The molecule has 0 atom stereocenters. The summed E-state index contributed by atoms with van der Waals surface area (Å²) in [5, 5.41) is -0.0704. The first kappa shape index (κ1) is 2.69. The molecular formula is C9H9N3. The number of aryl methyl sites for hydroxylation is 1. The molecule has 0 saturated heterocycles. The Hall–Kier alpha value is -1.64. The SMILES string of the molecule is [2H]c1c([2H])c([2H])c2c(N)nc(C([2H])([2H])[2H])nc2c1[2H]. The third kappa shape index (κ3) is 0.993. The van der Waals surface area contributed by atoms with Crippen molar-refractivity contribution in [1.29, 1.82) is 0 Å². The van der Waals surface area contributed by atoms with Crippen LogP contribution >= 0.6 is 0 Å². The van der Waals surface area contributed by atoms with Crippen LogP contribution in [0.1, 0.15) is 15.4 Å². The number of hydrogen-bond acceptors (Lipinski definition) is 3. The van der Waals surface area contributed by atoms with Gasteiger partial charge in [-0.1, -0.05) is 12.1 Å². The second-order valence-electron chi connectivity index (χ2n) is 2.16. The van der Waals surface area contributed by atoms with Crippen molar-refractivity contribution >= 4 is 16.7 Å². The molecule has 3 heteroatoms. The molecule has 60 valence electrons. The van der Waals surface area contributed by atoms with Gasteiger partial charge in [0.05, 0.1) is 11.0 Å². The van der Waals surface area contributed by atoms with E-state index in [4.69, 9.17) is 15.3 Å². The number of nitrogens with zero attached hydrogens (tertiary/aromatic N) is 2. The zero-order chi connectivity index (χ0) is 14.5. The minimum absolute atomic E-state index is 0.0704. The first-order chi connectivity index (χ1) is 8.64. The van der Waals surface area contributed by atoms with Crippen LogP contribution in [0.15, 0.2) is 24.2 Å². The van der Waals surface area contributed by atoms with Gasteiger partial charge in [0, 0.05) is 9.50 Å². The van der Waals surface area contributed by atoms with Gasteiger partial charge in [-0.05, 0) is 18.9 Å². The van der Waals surface area contributed by atoms with E-state index in [1.165, 1.54) is 0 Å². The molecule has 1 aromatic heterocycles. The fourth-order valence-corrected chi connectivity index (χ4v) is 0.876. The van der Waals surface area contributed by atoms with E-state index in [0.29, 0.717) is 0 Å². The van der Waals surface area contributed by atoms with Gasteiger partial charge in [-0.3, -0.25) is 0 Å². The smallest absolute Gasteiger partial charge is 0.135 e. The lowest BCUT2D eigenvalue weighted by Gasteiger charge is -2.00. The van der Waals surface area contributed by atoms with Gasteiger partial charge in [0.15, 0.2) is 0 Å². The molecule has 0 unspecified atom stereocenters. The number of nitrogens with two attached hydrogens (primary N) is 1. The van der Waals surface area contributed by atoms with Crippen LogP contribution in [0.2, 0.25) is 0 Å². The first-order valence-electron chi connectivity index (χ1n) is 6.68. The van der Waals surface area contributed by atoms with Gasteiger partial charge >= 0.3 is 0 Å². The number of para-hydroxylation sites is 1. The quantitative estimate of drug-likeness (QED) is 0.645. The summed E-state index contributed by atoms with van der Waals surface area (Å²) in [5.41, 5.74) is 5.40. The molecule has 0 aliphatic carbocycles. The van der Waals surface area contributed by atoms with Crippen molar-refractivity contribution in [2.75, 3.05) is 5.73 Å². The second-order valence-corrected chi connectivity index (χ2v) is 2.16. The highest BCUT2D eigenvalue weighted by Gasteiger charge is 1.99. The summed E-state index contributed by atoms with van der Waals surface area (Å²) < 4.78 is 52.1. The molecule has 0 aliphatic rings. The maximum absolute atomic E-state index is 7.70. The van der Waals surface area contributed by atoms with Gasteiger partial charge in [0.25, 0.3) is 0 Å². The Morgan fingerprint density at radius 2 is 2.25 bits per heavy atom. The summed E-state index contributed by atoms with van der Waals surface area (Å²) in [7, 11) is 0. The standard InChI is InChI=1S/C9H9N3/c1-6-11-8-5-3-2-4-7(8)9(10)12-6/h2-5H,1H3,(H2,10,11,12)/i1D3,2D,3D,4D,5D. The van der Waals surface area contributed by atoms with E-state index < -0.39 is 30.8 Å². The molecule has 1 heterocycles. The molecule has 0 saturated carbocycles. The number of anilines is 1. The molecule has 2 aromatic rings. The van der Waals surface area contributed by atoms with E-state index >= 15 is 0 Å². The van der Waals surface area contributed by atoms with Crippen molar-refractivity contribution in [3.8, 4) is 0 Å². The molecule has 12 heavy (non-hydrogen) atoms. The highest BCUT2D eigenvalue weighted by Crippen LogP contribution is 2.16. The van der Waals surface area contributed by atoms with E-state index in [0.717, 1.165) is 0 Å². The van der Waals surface area contributed by atoms with Crippen LogP contribution < -0.4 is 5.73 Å². The number of aromatic nitrogens is 2. The summed E-state index contributed by atoms with van der Waals surface area (Å²) in [4.78, 5) is 7.31. The predicted molar refractivity (Wildman–Crippen MR) is 48.7 cm³/mol. The fourth-order valence-electron chi connectivity index (χ4n) is 0.876. The van der Waals surface area contributed by atoms with E-state index in [2.05, 4.69) is 9.97 Å². The van der Waals surface area contributed by atoms with E-state index in [1.807, 2.05) is 0 Å². The van der Waals surface area contributed by atoms with Gasteiger partial charge in [0.2, 0.25) is 0 Å². The fraction of sp³-hybridized carbons (Fsp3) is 0.111. The Kier molecular flexibility index (Phi) is 0.548. The van der Waals surface area contributed by atoms with Crippen molar-refractivity contribution in [3.05, 3.63) is 30.0 Å². The Bertz CT molecular complexity index is 680. The van der Waals surface area contributed by atoms with E-state index in [-0.39, 0.29) is 22.8 Å². The lowest BCUT2D eigenvalue weighted by Crippen LogP contribution is -1.96. The van der Waals surface area contributed by atoms with Crippen LogP contribution in [-0.2, 0) is 0 Å². The Morgan fingerprint density at radius 1 is 1.42 bits per heavy atom. The Morgan fingerprint density at radius 3 is 3.08 bits per heavy atom. The van der Waals surface area contributed by atoms with Gasteiger partial charge in [-0.2, -0.15) is 0 Å². The summed E-state index contributed by atoms with van der Waals surface area (Å²) in [6.45, 7) is -2.60. The van der Waals surface area contributed by atoms with Gasteiger partial charge in [-0.15, -0.1) is 0 Å². The number of hydrogen-bond donors (Lipinski definition) is 1. The van der Waals surface area contributed by atoms with Crippen LogP contribution in [-0.4, -0.2) is 9.97 Å². The molecule has 0 bridgehead atoms. The van der Waals surface area contributed by atoms with Crippen molar-refractivity contribution in [3.63, 3.8) is 0 Å². The number of benzene rings is 1. The molecule has 1 aromatic carbocycles. The van der Waals surface area contributed by atoms with Crippen LogP contribution in [0, 0.1) is 6.85 Å². The number of rotatable bonds is 0. The molecular weight excluding hydrogens is 150 g/mol. The van der Waals surface area contributed by atoms with E-state index in [1.54, 1.807) is 0 Å². The summed E-state index contributed by atoms with van der Waals surface area (Å²) in [5.74, 6) is -0.814. The Balaban J connectivity index is 2.97. The molecule has 2 N–H and O–H groups in total. The summed E-state index contributed by atoms with van der Waals surface area (Å²) >= 11 is 0. The maximum atomic E-state index is 7.70. The van der Waals surface area contributed by atoms with Gasteiger partial charge < -0.3 is 5.73 Å². The first-order valence-corrected chi connectivity index (χ1v) is 3.18. The maximum Gasteiger partial charge on any atom is 0.135 e. The molecule has 0 spiro atoms. The molecule has 2 rings (SSSR count). The zero-order valence-corrected chi connectivity index (χ0v) is 5.97. The Labute approximate surface area is 80.1 Å². The van der Waals surface area contributed by atoms with E-state index in [9.17, 15) is 0 Å². The molecule has 3 nitrogen and oxygen atoms in total. The number of fused-ring (bicyclic) bond motifs is 1. The second kappa shape index (κ2) is 2.44. The van der Waals surface area contributed by atoms with Gasteiger partial charge in [-0.25, -0.2) is 9.97 Å². The molecule has 0 radical (unpaired) electrons. The van der Waals surface area contributed by atoms with Crippen LogP contribution in [0.25, 0.3) is 10.9 Å². The normalized spacial score (nSPS) is 19.8. The average Bonchev–Trinajstić information content (AvgIpc) is 2.31. The molecule has 0 fully saturated rings. The van der Waals surface area contributed by atoms with Crippen molar-refractivity contribution < 1.29 is 9.60 Å². The largest absolute Gasteiger partial charge is 0.383 e. The zero-order valence-electron chi connectivity index (χ0n) is 13.0. The molecule has 0 amide bonds. The van der Waals surface area contributed by atoms with Crippen molar-refractivity contribution in [1.82, 2.24) is 9.97 Å². The third-order valence-corrected chi connectivity index (χ3v) is 1.37. The number of nitrogen functional groups attached to an aromatic ring is 1. The van der Waals surface area contributed by atoms with Crippen LogP contribution in [0.3, 0.4) is 0 Å². The van der Waals surface area contributed by atoms with Crippen LogP contribution in [0.5, 0.6) is 0 Å². The lowest BCUT2D eigenvalue weighted by molar-refractivity contribution is 1.10. The highest BCUT2D eigenvalue weighted by molar-refractivity contribution is 5.87. The minimum Gasteiger partial charge on any atom is -0.383 e. The highest BCUT2D eigenvalue weighted by atomic mass is 14.9.